The van der Waals surface area contributed by atoms with Crippen molar-refractivity contribution < 1.29 is 9.90 Å². The Morgan fingerprint density at radius 2 is 2.05 bits per heavy atom. The van der Waals surface area contributed by atoms with Crippen LogP contribution in [-0.4, -0.2) is 34.1 Å². The molecule has 1 aromatic rings. The molecule has 1 N–H and O–H groups in total. The summed E-state index contributed by atoms with van der Waals surface area (Å²) in [7, 11) is 0. The monoisotopic (exact) mass is 261 g/mol. The zero-order valence-corrected chi connectivity index (χ0v) is 12.2. The Hall–Kier alpha value is -1.35. The first kappa shape index (κ1) is 14.1. The van der Waals surface area contributed by atoms with Gasteiger partial charge in [-0.05, 0) is 52.2 Å². The highest BCUT2D eigenvalue weighted by molar-refractivity contribution is 5.96. The van der Waals surface area contributed by atoms with Crippen molar-refractivity contribution in [1.82, 2.24) is 4.90 Å². The van der Waals surface area contributed by atoms with Crippen LogP contribution < -0.4 is 0 Å². The minimum atomic E-state index is -0.400. The second kappa shape index (κ2) is 4.97. The Labute approximate surface area is 115 Å². The predicted molar refractivity (Wildman–Crippen MR) is 76.3 cm³/mol. The van der Waals surface area contributed by atoms with Gasteiger partial charge < -0.3 is 10.0 Å². The molecule has 0 bridgehead atoms. The van der Waals surface area contributed by atoms with Crippen LogP contribution in [-0.2, 0) is 0 Å². The molecule has 0 saturated carbocycles. The summed E-state index contributed by atoms with van der Waals surface area (Å²) in [6, 6.07) is 5.89. The van der Waals surface area contributed by atoms with Crippen LogP contribution in [0.5, 0.6) is 0 Å². The van der Waals surface area contributed by atoms with Crippen LogP contribution in [0.1, 0.15) is 48.2 Å². The standard InChI is InChI=1S/C16H23NO2/c1-11-5-6-14(12(2)9-11)15(19)17-10-13(18)7-8-16(17,3)4/h5-6,9,13,18H,7-8,10H2,1-4H3. The van der Waals surface area contributed by atoms with Gasteiger partial charge in [0.2, 0.25) is 0 Å². The Morgan fingerprint density at radius 3 is 2.68 bits per heavy atom. The normalized spacial score (nSPS) is 22.4. The molecule has 1 heterocycles. The summed E-state index contributed by atoms with van der Waals surface area (Å²) in [6.07, 6.45) is 1.21. The Kier molecular flexibility index (Phi) is 3.68. The summed E-state index contributed by atoms with van der Waals surface area (Å²) in [5, 5.41) is 9.83. The van der Waals surface area contributed by atoms with Gasteiger partial charge in [0.05, 0.1) is 6.10 Å². The third kappa shape index (κ3) is 2.81. The van der Waals surface area contributed by atoms with Gasteiger partial charge in [-0.3, -0.25) is 4.79 Å². The van der Waals surface area contributed by atoms with Crippen LogP contribution >= 0.6 is 0 Å². The number of aliphatic hydroxyl groups excluding tert-OH is 1. The molecule has 104 valence electrons. The zero-order chi connectivity index (χ0) is 14.2. The maximum Gasteiger partial charge on any atom is 0.254 e. The molecule has 1 amide bonds. The van der Waals surface area contributed by atoms with E-state index in [-0.39, 0.29) is 11.4 Å². The van der Waals surface area contributed by atoms with Gasteiger partial charge in [-0.25, -0.2) is 0 Å². The van der Waals surface area contributed by atoms with E-state index < -0.39 is 6.10 Å². The molecule has 1 saturated heterocycles. The van der Waals surface area contributed by atoms with Crippen molar-refractivity contribution in [2.24, 2.45) is 0 Å². The Bertz CT molecular complexity index is 494. The number of carbonyl (C=O) groups excluding carboxylic acids is 1. The zero-order valence-electron chi connectivity index (χ0n) is 12.2. The molecule has 0 radical (unpaired) electrons. The van der Waals surface area contributed by atoms with Gasteiger partial charge >= 0.3 is 0 Å². The fourth-order valence-corrected chi connectivity index (χ4v) is 2.76. The second-order valence-electron chi connectivity index (χ2n) is 6.24. The fraction of sp³-hybridized carbons (Fsp3) is 0.562. The van der Waals surface area contributed by atoms with Crippen molar-refractivity contribution in [2.45, 2.75) is 52.2 Å². The molecule has 0 aliphatic carbocycles. The molecule has 1 aliphatic rings. The lowest BCUT2D eigenvalue weighted by atomic mass is 9.88. The summed E-state index contributed by atoms with van der Waals surface area (Å²) < 4.78 is 0. The number of β-amino-alcohol motifs (C(OH)–C–C–N with tert-alkyl or cyclic N) is 1. The predicted octanol–water partition coefficient (Wildman–Crippen LogP) is 2.68. The van der Waals surface area contributed by atoms with Crippen molar-refractivity contribution in [3.63, 3.8) is 0 Å². The first-order valence-electron chi connectivity index (χ1n) is 6.88. The summed E-state index contributed by atoms with van der Waals surface area (Å²) in [5.41, 5.74) is 2.72. The van der Waals surface area contributed by atoms with E-state index in [1.807, 2.05) is 36.9 Å². The van der Waals surface area contributed by atoms with Crippen molar-refractivity contribution in [2.75, 3.05) is 6.54 Å². The number of carbonyl (C=O) groups is 1. The lowest BCUT2D eigenvalue weighted by Crippen LogP contribution is -2.54. The molecule has 0 aromatic heterocycles. The van der Waals surface area contributed by atoms with Crippen LogP contribution in [0, 0.1) is 13.8 Å². The van der Waals surface area contributed by atoms with Gasteiger partial charge in [-0.1, -0.05) is 17.7 Å². The number of nitrogens with zero attached hydrogens (tertiary/aromatic N) is 1. The molecule has 3 heteroatoms. The van der Waals surface area contributed by atoms with Crippen LogP contribution in [0.2, 0.25) is 0 Å². The third-order valence-corrected chi connectivity index (χ3v) is 4.07. The first-order valence-corrected chi connectivity index (χ1v) is 6.88. The van der Waals surface area contributed by atoms with Crippen molar-refractivity contribution in [1.29, 1.82) is 0 Å². The highest BCUT2D eigenvalue weighted by Crippen LogP contribution is 2.29. The number of aliphatic hydroxyl groups is 1. The molecule has 1 aliphatic heterocycles. The van der Waals surface area contributed by atoms with Gasteiger partial charge in [0.1, 0.15) is 0 Å². The lowest BCUT2D eigenvalue weighted by molar-refractivity contribution is 0.00149. The smallest absolute Gasteiger partial charge is 0.254 e. The van der Waals surface area contributed by atoms with Gasteiger partial charge in [-0.15, -0.1) is 0 Å². The number of aryl methyl sites for hydroxylation is 2. The van der Waals surface area contributed by atoms with Crippen LogP contribution in [0.25, 0.3) is 0 Å². The average Bonchev–Trinajstić information content (AvgIpc) is 2.31. The topological polar surface area (TPSA) is 40.5 Å². The van der Waals surface area contributed by atoms with Gasteiger partial charge in [0.25, 0.3) is 5.91 Å². The quantitative estimate of drug-likeness (QED) is 0.844. The van der Waals surface area contributed by atoms with Crippen LogP contribution in [0.15, 0.2) is 18.2 Å². The maximum atomic E-state index is 12.7. The summed E-state index contributed by atoms with van der Waals surface area (Å²) in [4.78, 5) is 14.5. The number of hydrogen-bond donors (Lipinski definition) is 1. The van der Waals surface area contributed by atoms with E-state index in [0.29, 0.717) is 6.54 Å². The minimum Gasteiger partial charge on any atom is -0.391 e. The molecule has 1 atom stereocenters. The molecule has 0 spiro atoms. The SMILES string of the molecule is Cc1ccc(C(=O)N2CC(O)CCC2(C)C)c(C)c1. The second-order valence-corrected chi connectivity index (χ2v) is 6.24. The average molecular weight is 261 g/mol. The number of rotatable bonds is 1. The van der Waals surface area contributed by atoms with Gasteiger partial charge in [0.15, 0.2) is 0 Å². The van der Waals surface area contributed by atoms with E-state index in [9.17, 15) is 9.90 Å². The van der Waals surface area contributed by atoms with E-state index in [4.69, 9.17) is 0 Å². The van der Waals surface area contributed by atoms with Gasteiger partial charge in [0, 0.05) is 17.6 Å². The Morgan fingerprint density at radius 1 is 1.37 bits per heavy atom. The molecular formula is C16H23NO2. The van der Waals surface area contributed by atoms with Gasteiger partial charge in [-0.2, -0.15) is 0 Å². The number of hydrogen-bond acceptors (Lipinski definition) is 2. The van der Waals surface area contributed by atoms with Crippen molar-refractivity contribution >= 4 is 5.91 Å². The molecule has 19 heavy (non-hydrogen) atoms. The highest BCUT2D eigenvalue weighted by Gasteiger charge is 2.37. The molecular weight excluding hydrogens is 238 g/mol. The number of amides is 1. The summed E-state index contributed by atoms with van der Waals surface area (Å²) >= 11 is 0. The van der Waals surface area contributed by atoms with E-state index in [0.717, 1.165) is 29.5 Å². The molecule has 3 nitrogen and oxygen atoms in total. The molecule has 1 fully saturated rings. The van der Waals surface area contributed by atoms with E-state index in [1.165, 1.54) is 0 Å². The summed E-state index contributed by atoms with van der Waals surface area (Å²) in [6.45, 7) is 8.56. The van der Waals surface area contributed by atoms with E-state index in [2.05, 4.69) is 13.8 Å². The van der Waals surface area contributed by atoms with Crippen molar-refractivity contribution in [3.8, 4) is 0 Å². The lowest BCUT2D eigenvalue weighted by Gasteiger charge is -2.44. The molecule has 1 aromatic carbocycles. The highest BCUT2D eigenvalue weighted by atomic mass is 16.3. The van der Waals surface area contributed by atoms with Crippen LogP contribution in [0.3, 0.4) is 0 Å². The third-order valence-electron chi connectivity index (χ3n) is 4.07. The fourth-order valence-electron chi connectivity index (χ4n) is 2.76. The number of benzene rings is 1. The minimum absolute atomic E-state index is 0.0289. The van der Waals surface area contributed by atoms with Crippen molar-refractivity contribution in [3.05, 3.63) is 34.9 Å². The summed E-state index contributed by atoms with van der Waals surface area (Å²) in [5.74, 6) is 0.0289. The molecule has 2 rings (SSSR count). The maximum absolute atomic E-state index is 12.7. The number of piperidine rings is 1. The van der Waals surface area contributed by atoms with E-state index in [1.54, 1.807) is 0 Å². The first-order chi connectivity index (χ1) is 8.81. The number of likely N-dealkylation sites (tertiary alicyclic amines) is 1. The van der Waals surface area contributed by atoms with Crippen LogP contribution in [0.4, 0.5) is 0 Å². The molecule has 1 unspecified atom stereocenters. The van der Waals surface area contributed by atoms with E-state index >= 15 is 0 Å². The Balaban J connectivity index is 2.31. The largest absolute Gasteiger partial charge is 0.391 e.